The summed E-state index contributed by atoms with van der Waals surface area (Å²) in [5, 5.41) is 11.7. The predicted octanol–water partition coefficient (Wildman–Crippen LogP) is -1.08. The molecule has 1 saturated heterocycles. The zero-order valence-electron chi connectivity index (χ0n) is 6.14. The van der Waals surface area contributed by atoms with Crippen molar-refractivity contribution in [1.29, 1.82) is 0 Å². The summed E-state index contributed by atoms with van der Waals surface area (Å²) in [6.07, 6.45) is 2.38. The lowest BCUT2D eigenvalue weighted by Gasteiger charge is -2.01. The van der Waals surface area contributed by atoms with Crippen molar-refractivity contribution < 1.29 is 19.8 Å². The van der Waals surface area contributed by atoms with Gasteiger partial charge in [-0.2, -0.15) is 0 Å². The molecule has 1 fully saturated rings. The van der Waals surface area contributed by atoms with Gasteiger partial charge in [0.1, 0.15) is 0 Å². The minimum absolute atomic E-state index is 0.306. The molecule has 0 spiro atoms. The fourth-order valence-corrected chi connectivity index (χ4v) is 0.913. The Balaban J connectivity index is 0.000000218. The van der Waals surface area contributed by atoms with Crippen molar-refractivity contribution in [3.05, 3.63) is 0 Å². The van der Waals surface area contributed by atoms with Crippen LogP contribution in [0.1, 0.15) is 12.8 Å². The summed E-state index contributed by atoms with van der Waals surface area (Å²) in [6.45, 7) is 1.39. The van der Waals surface area contributed by atoms with Crippen molar-refractivity contribution in [2.45, 2.75) is 18.9 Å². The molecule has 1 atom stereocenters. The van der Waals surface area contributed by atoms with E-state index in [1.807, 2.05) is 0 Å². The Labute approximate surface area is 66.7 Å². The van der Waals surface area contributed by atoms with Crippen LogP contribution >= 0.6 is 8.60 Å². The highest BCUT2D eigenvalue weighted by Gasteiger charge is 2.10. The zero-order chi connectivity index (χ0) is 8.69. The quantitative estimate of drug-likeness (QED) is 0.333. The number of aliphatic hydroxyl groups is 1. The molecular formula is C5H14NO4P. The Hall–Kier alpha value is 0.230. The molecule has 0 bridgehead atoms. The third-order valence-electron chi connectivity index (χ3n) is 1.38. The van der Waals surface area contributed by atoms with E-state index in [2.05, 4.69) is 5.32 Å². The fraction of sp³-hybridized carbons (Fsp3) is 1.00. The molecule has 6 heteroatoms. The van der Waals surface area contributed by atoms with Crippen LogP contribution in [0.4, 0.5) is 0 Å². The van der Waals surface area contributed by atoms with Gasteiger partial charge >= 0.3 is 8.60 Å². The first-order valence-electron chi connectivity index (χ1n) is 3.37. The average molecular weight is 183 g/mol. The van der Waals surface area contributed by atoms with E-state index in [9.17, 15) is 0 Å². The van der Waals surface area contributed by atoms with E-state index < -0.39 is 8.60 Å². The maximum Gasteiger partial charge on any atom is 0.324 e. The highest BCUT2D eigenvalue weighted by molar-refractivity contribution is 7.38. The summed E-state index contributed by atoms with van der Waals surface area (Å²) in [7, 11) is -2.62. The van der Waals surface area contributed by atoms with Gasteiger partial charge in [-0.25, -0.2) is 0 Å². The topological polar surface area (TPSA) is 93.0 Å². The molecule has 0 amide bonds. The second-order valence-electron chi connectivity index (χ2n) is 2.24. The van der Waals surface area contributed by atoms with Crippen LogP contribution in [0.5, 0.6) is 0 Å². The van der Waals surface area contributed by atoms with Crippen LogP contribution in [-0.2, 0) is 0 Å². The Morgan fingerprint density at radius 1 is 1.36 bits per heavy atom. The Morgan fingerprint density at radius 2 is 1.91 bits per heavy atom. The molecule has 1 aliphatic heterocycles. The smallest absolute Gasteiger partial charge is 0.324 e. The van der Waals surface area contributed by atoms with Crippen molar-refractivity contribution in [3.8, 4) is 0 Å². The van der Waals surface area contributed by atoms with E-state index in [4.69, 9.17) is 19.8 Å². The largest absolute Gasteiger partial charge is 0.395 e. The van der Waals surface area contributed by atoms with Gasteiger partial charge in [0.15, 0.2) is 0 Å². The Kier molecular flexibility index (Phi) is 7.06. The van der Waals surface area contributed by atoms with Crippen molar-refractivity contribution in [2.75, 3.05) is 13.2 Å². The summed E-state index contributed by atoms with van der Waals surface area (Å²) < 4.78 is 0. The van der Waals surface area contributed by atoms with Crippen LogP contribution in [0.15, 0.2) is 0 Å². The van der Waals surface area contributed by atoms with Gasteiger partial charge < -0.3 is 25.1 Å². The van der Waals surface area contributed by atoms with E-state index in [1.165, 1.54) is 6.42 Å². The first-order chi connectivity index (χ1) is 5.16. The molecule has 0 aromatic carbocycles. The van der Waals surface area contributed by atoms with Crippen molar-refractivity contribution in [2.24, 2.45) is 0 Å². The van der Waals surface area contributed by atoms with Crippen LogP contribution in [0.3, 0.4) is 0 Å². The summed E-state index contributed by atoms with van der Waals surface area (Å²) in [4.78, 5) is 21.7. The summed E-state index contributed by atoms with van der Waals surface area (Å²) in [5.74, 6) is 0. The lowest BCUT2D eigenvalue weighted by Crippen LogP contribution is -2.24. The standard InChI is InChI=1S/C5H11NO.H3O3P/c7-4-5-2-1-3-6-5;1-4(2)3/h5-7H,1-4H2;1-3H. The lowest BCUT2D eigenvalue weighted by molar-refractivity contribution is 0.255. The molecule has 68 valence electrons. The maximum absolute atomic E-state index is 8.50. The van der Waals surface area contributed by atoms with Crippen molar-refractivity contribution in [1.82, 2.24) is 5.32 Å². The van der Waals surface area contributed by atoms with E-state index in [-0.39, 0.29) is 0 Å². The van der Waals surface area contributed by atoms with Gasteiger partial charge in [0, 0.05) is 6.04 Å². The summed E-state index contributed by atoms with van der Waals surface area (Å²) in [6, 6.07) is 0.403. The van der Waals surface area contributed by atoms with E-state index in [1.54, 1.807) is 0 Å². The molecule has 0 radical (unpaired) electrons. The summed E-state index contributed by atoms with van der Waals surface area (Å²) in [5.41, 5.74) is 0. The van der Waals surface area contributed by atoms with Gasteiger partial charge in [-0.15, -0.1) is 0 Å². The minimum atomic E-state index is -2.62. The van der Waals surface area contributed by atoms with E-state index >= 15 is 0 Å². The molecular weight excluding hydrogens is 169 g/mol. The SMILES string of the molecule is OCC1CCCN1.OP(O)O. The third-order valence-corrected chi connectivity index (χ3v) is 1.38. The normalized spacial score (nSPS) is 23.2. The second-order valence-corrected chi connectivity index (χ2v) is 2.78. The molecule has 11 heavy (non-hydrogen) atoms. The number of rotatable bonds is 1. The van der Waals surface area contributed by atoms with Gasteiger partial charge in [0.25, 0.3) is 0 Å². The molecule has 0 aromatic rings. The average Bonchev–Trinajstić information content (AvgIpc) is 2.36. The third kappa shape index (κ3) is 8.13. The maximum atomic E-state index is 8.50. The predicted molar refractivity (Wildman–Crippen MR) is 41.7 cm³/mol. The molecule has 0 saturated carbocycles. The second kappa shape index (κ2) is 6.91. The zero-order valence-corrected chi connectivity index (χ0v) is 7.04. The number of hydrogen-bond acceptors (Lipinski definition) is 5. The lowest BCUT2D eigenvalue weighted by atomic mass is 10.2. The van der Waals surface area contributed by atoms with Gasteiger partial charge in [-0.3, -0.25) is 0 Å². The van der Waals surface area contributed by atoms with Gasteiger partial charge in [-0.1, -0.05) is 0 Å². The van der Waals surface area contributed by atoms with Crippen molar-refractivity contribution >= 4 is 8.60 Å². The Morgan fingerprint density at radius 3 is 2.09 bits per heavy atom. The van der Waals surface area contributed by atoms with Crippen molar-refractivity contribution in [3.63, 3.8) is 0 Å². The molecule has 1 unspecified atom stereocenters. The first kappa shape index (κ1) is 11.2. The highest BCUT2D eigenvalue weighted by atomic mass is 31.2. The van der Waals surface area contributed by atoms with Crippen LogP contribution in [0, 0.1) is 0 Å². The van der Waals surface area contributed by atoms with Crippen LogP contribution < -0.4 is 5.32 Å². The molecule has 0 aromatic heterocycles. The van der Waals surface area contributed by atoms with Gasteiger partial charge in [0.2, 0.25) is 0 Å². The van der Waals surface area contributed by atoms with Gasteiger partial charge in [0.05, 0.1) is 6.61 Å². The number of aliphatic hydroxyl groups excluding tert-OH is 1. The van der Waals surface area contributed by atoms with Crippen LogP contribution in [0.2, 0.25) is 0 Å². The molecule has 1 heterocycles. The molecule has 0 aliphatic carbocycles. The molecule has 1 rings (SSSR count). The van der Waals surface area contributed by atoms with Crippen LogP contribution in [0.25, 0.3) is 0 Å². The molecule has 5 nitrogen and oxygen atoms in total. The fourth-order valence-electron chi connectivity index (χ4n) is 0.913. The highest BCUT2D eigenvalue weighted by Crippen LogP contribution is 2.11. The minimum Gasteiger partial charge on any atom is -0.395 e. The first-order valence-corrected chi connectivity index (χ1v) is 4.57. The van der Waals surface area contributed by atoms with E-state index in [0.29, 0.717) is 12.6 Å². The Bertz CT molecular complexity index is 83.8. The monoisotopic (exact) mass is 183 g/mol. The van der Waals surface area contributed by atoms with Gasteiger partial charge in [-0.05, 0) is 19.4 Å². The molecule has 1 aliphatic rings. The molecule has 5 N–H and O–H groups in total. The number of nitrogens with one attached hydrogen (secondary N) is 1. The summed E-state index contributed by atoms with van der Waals surface area (Å²) >= 11 is 0. The number of hydrogen-bond donors (Lipinski definition) is 5. The van der Waals surface area contributed by atoms with E-state index in [0.717, 1.165) is 13.0 Å². The van der Waals surface area contributed by atoms with Crippen LogP contribution in [-0.4, -0.2) is 39.0 Å².